The number of unbranched alkanes of at least 4 members (excludes halogenated alkanes) is 1. The lowest BCUT2D eigenvalue weighted by Crippen LogP contribution is -2.32. The summed E-state index contributed by atoms with van der Waals surface area (Å²) in [5, 5.41) is 9.73. The first-order valence-electron chi connectivity index (χ1n) is 6.94. The van der Waals surface area contributed by atoms with Gasteiger partial charge in [0.1, 0.15) is 12.2 Å². The largest absolute Gasteiger partial charge is 0.460 e. The molecular weight excluding hydrogens is 232 g/mol. The molecule has 0 aliphatic heterocycles. The second-order valence-corrected chi connectivity index (χ2v) is 4.84. The van der Waals surface area contributed by atoms with E-state index < -0.39 is 12.2 Å². The summed E-state index contributed by atoms with van der Waals surface area (Å²) >= 11 is 0. The molecule has 0 fully saturated rings. The van der Waals surface area contributed by atoms with Crippen LogP contribution in [0.4, 0.5) is 0 Å². The first-order valence-corrected chi connectivity index (χ1v) is 6.94. The van der Waals surface area contributed by atoms with Crippen molar-refractivity contribution in [2.75, 3.05) is 13.2 Å². The summed E-state index contributed by atoms with van der Waals surface area (Å²) in [6.45, 7) is 8.23. The maximum absolute atomic E-state index is 10.7. The second-order valence-electron chi connectivity index (χ2n) is 4.84. The lowest BCUT2D eigenvalue weighted by Gasteiger charge is -2.20. The predicted molar refractivity (Wildman–Crippen MR) is 71.4 cm³/mol. The topological polar surface area (TPSA) is 55.8 Å². The highest BCUT2D eigenvalue weighted by Gasteiger charge is 2.17. The number of hydrogen-bond acceptors (Lipinski definition) is 4. The lowest BCUT2D eigenvalue weighted by atomic mass is 10.0. The molecule has 0 heterocycles. The van der Waals surface area contributed by atoms with Crippen molar-refractivity contribution in [2.24, 2.45) is 5.92 Å². The molecule has 0 aromatic rings. The zero-order valence-corrected chi connectivity index (χ0v) is 12.1. The van der Waals surface area contributed by atoms with Crippen molar-refractivity contribution in [2.45, 2.75) is 65.6 Å². The van der Waals surface area contributed by atoms with Gasteiger partial charge in [-0.15, -0.1) is 0 Å². The van der Waals surface area contributed by atoms with Crippen molar-refractivity contribution >= 4 is 5.97 Å². The van der Waals surface area contributed by atoms with Crippen LogP contribution >= 0.6 is 0 Å². The fourth-order valence-electron chi connectivity index (χ4n) is 1.73. The lowest BCUT2D eigenvalue weighted by molar-refractivity contribution is -0.153. The van der Waals surface area contributed by atoms with Gasteiger partial charge in [0.25, 0.3) is 0 Å². The molecule has 0 spiro atoms. The third-order valence-corrected chi connectivity index (χ3v) is 3.08. The number of carbonyl (C=O) groups is 1. The molecule has 0 aromatic heterocycles. The van der Waals surface area contributed by atoms with Gasteiger partial charge in [0, 0.05) is 13.5 Å². The van der Waals surface area contributed by atoms with Crippen LogP contribution in [0.25, 0.3) is 0 Å². The van der Waals surface area contributed by atoms with Crippen molar-refractivity contribution in [3.05, 3.63) is 0 Å². The second kappa shape index (κ2) is 10.3. The van der Waals surface area contributed by atoms with Gasteiger partial charge in [-0.25, -0.2) is 0 Å². The van der Waals surface area contributed by atoms with Gasteiger partial charge >= 0.3 is 5.97 Å². The molecule has 3 atom stereocenters. The van der Waals surface area contributed by atoms with E-state index in [1.807, 2.05) is 0 Å². The van der Waals surface area contributed by atoms with Gasteiger partial charge in [0.05, 0.1) is 6.61 Å². The number of aliphatic hydroxyl groups excluding tert-OH is 1. The van der Waals surface area contributed by atoms with Gasteiger partial charge in [0.2, 0.25) is 0 Å². The molecule has 0 amide bonds. The van der Waals surface area contributed by atoms with Crippen LogP contribution < -0.4 is 0 Å². The molecule has 0 bridgehead atoms. The fourth-order valence-corrected chi connectivity index (χ4v) is 1.73. The van der Waals surface area contributed by atoms with Gasteiger partial charge in [-0.3, -0.25) is 4.79 Å². The Kier molecular flexibility index (Phi) is 9.98. The van der Waals surface area contributed by atoms with E-state index >= 15 is 0 Å². The average Bonchev–Trinajstić information content (AvgIpc) is 2.32. The van der Waals surface area contributed by atoms with Crippen LogP contribution in [0.1, 0.15) is 53.4 Å². The van der Waals surface area contributed by atoms with Crippen molar-refractivity contribution < 1.29 is 19.4 Å². The smallest absolute Gasteiger partial charge is 0.302 e. The molecule has 3 unspecified atom stereocenters. The number of aliphatic hydroxyl groups is 1. The molecule has 18 heavy (non-hydrogen) atoms. The van der Waals surface area contributed by atoms with E-state index in [0.29, 0.717) is 12.5 Å². The Morgan fingerprint density at radius 3 is 2.44 bits per heavy atom. The van der Waals surface area contributed by atoms with Gasteiger partial charge in [-0.05, 0) is 19.3 Å². The summed E-state index contributed by atoms with van der Waals surface area (Å²) in [5.41, 5.74) is 0. The normalized spacial score (nSPS) is 16.1. The zero-order chi connectivity index (χ0) is 14.0. The summed E-state index contributed by atoms with van der Waals surface area (Å²) in [6.07, 6.45) is 3.41. The SMILES string of the molecule is CCCCC(CC)COCC(O)C(C)OC(C)=O. The maximum Gasteiger partial charge on any atom is 0.302 e. The predicted octanol–water partition coefficient (Wildman–Crippen LogP) is 2.53. The van der Waals surface area contributed by atoms with E-state index in [9.17, 15) is 9.90 Å². The van der Waals surface area contributed by atoms with Crippen LogP contribution in [-0.2, 0) is 14.3 Å². The fraction of sp³-hybridized carbons (Fsp3) is 0.929. The summed E-state index contributed by atoms with van der Waals surface area (Å²) < 4.78 is 10.4. The molecule has 0 saturated heterocycles. The quantitative estimate of drug-likeness (QED) is 0.613. The molecule has 4 nitrogen and oxygen atoms in total. The minimum absolute atomic E-state index is 0.219. The van der Waals surface area contributed by atoms with Gasteiger partial charge in [-0.1, -0.05) is 33.1 Å². The van der Waals surface area contributed by atoms with E-state index in [4.69, 9.17) is 9.47 Å². The Labute approximate surface area is 111 Å². The highest BCUT2D eigenvalue weighted by Crippen LogP contribution is 2.13. The van der Waals surface area contributed by atoms with Crippen LogP contribution in [0.15, 0.2) is 0 Å². The number of ether oxygens (including phenoxy) is 2. The molecule has 0 aliphatic rings. The first kappa shape index (κ1) is 17.4. The first-order chi connectivity index (χ1) is 8.51. The standard InChI is InChI=1S/C14H28O4/c1-5-7-8-13(6-2)9-17-10-14(16)11(3)18-12(4)15/h11,13-14,16H,5-10H2,1-4H3. The number of hydrogen-bond donors (Lipinski definition) is 1. The van der Waals surface area contributed by atoms with Crippen molar-refractivity contribution in [3.63, 3.8) is 0 Å². The molecule has 0 aliphatic carbocycles. The van der Waals surface area contributed by atoms with Crippen LogP contribution in [0.2, 0.25) is 0 Å². The van der Waals surface area contributed by atoms with E-state index in [-0.39, 0.29) is 12.6 Å². The maximum atomic E-state index is 10.7. The number of esters is 1. The van der Waals surface area contributed by atoms with Crippen LogP contribution in [0, 0.1) is 5.92 Å². The highest BCUT2D eigenvalue weighted by molar-refractivity contribution is 5.66. The number of rotatable bonds is 10. The zero-order valence-electron chi connectivity index (χ0n) is 12.1. The molecule has 1 N–H and O–H groups in total. The van der Waals surface area contributed by atoms with Crippen molar-refractivity contribution in [1.29, 1.82) is 0 Å². The van der Waals surface area contributed by atoms with Crippen LogP contribution in [-0.4, -0.2) is 36.5 Å². The van der Waals surface area contributed by atoms with Crippen molar-refractivity contribution in [1.82, 2.24) is 0 Å². The summed E-state index contributed by atoms with van der Waals surface area (Å²) in [4.78, 5) is 10.7. The Hall–Kier alpha value is -0.610. The van der Waals surface area contributed by atoms with E-state index in [2.05, 4.69) is 13.8 Å². The van der Waals surface area contributed by atoms with Gasteiger partial charge in [0.15, 0.2) is 0 Å². The van der Waals surface area contributed by atoms with E-state index in [1.165, 1.54) is 26.2 Å². The molecule has 0 saturated carbocycles. The number of carbonyl (C=O) groups excluding carboxylic acids is 1. The minimum Gasteiger partial charge on any atom is -0.460 e. The monoisotopic (exact) mass is 260 g/mol. The molecule has 4 heteroatoms. The Bertz CT molecular complexity index is 218. The third-order valence-electron chi connectivity index (χ3n) is 3.08. The minimum atomic E-state index is -0.752. The van der Waals surface area contributed by atoms with E-state index in [1.54, 1.807) is 6.92 Å². The molecule has 0 radical (unpaired) electrons. The Morgan fingerprint density at radius 1 is 1.28 bits per heavy atom. The summed E-state index contributed by atoms with van der Waals surface area (Å²) in [5.74, 6) is 0.178. The van der Waals surface area contributed by atoms with Crippen LogP contribution in [0.5, 0.6) is 0 Å². The Balaban J connectivity index is 3.76. The average molecular weight is 260 g/mol. The van der Waals surface area contributed by atoms with E-state index in [0.717, 1.165) is 6.42 Å². The molecule has 108 valence electrons. The molecular formula is C14H28O4. The molecule has 0 rings (SSSR count). The summed E-state index contributed by atoms with van der Waals surface area (Å²) in [7, 11) is 0. The van der Waals surface area contributed by atoms with Gasteiger partial charge < -0.3 is 14.6 Å². The van der Waals surface area contributed by atoms with Crippen LogP contribution in [0.3, 0.4) is 0 Å². The van der Waals surface area contributed by atoms with Gasteiger partial charge in [-0.2, -0.15) is 0 Å². The molecule has 0 aromatic carbocycles. The van der Waals surface area contributed by atoms with Crippen molar-refractivity contribution in [3.8, 4) is 0 Å². The Morgan fingerprint density at radius 2 is 1.94 bits per heavy atom. The third kappa shape index (κ3) is 8.48. The summed E-state index contributed by atoms with van der Waals surface area (Å²) in [6, 6.07) is 0. The highest BCUT2D eigenvalue weighted by atomic mass is 16.6.